The van der Waals surface area contributed by atoms with Crippen molar-refractivity contribution in [3.63, 3.8) is 0 Å². The van der Waals surface area contributed by atoms with E-state index in [-0.39, 0.29) is 16.8 Å². The molecule has 0 saturated carbocycles. The molecule has 2 aliphatic rings. The third kappa shape index (κ3) is 5.40. The average molecular weight is 512 g/mol. The summed E-state index contributed by atoms with van der Waals surface area (Å²) in [7, 11) is -3.58. The zero-order valence-electron chi connectivity index (χ0n) is 19.6. The Morgan fingerprint density at radius 2 is 1.63 bits per heavy atom. The van der Waals surface area contributed by atoms with Gasteiger partial charge in [-0.2, -0.15) is 13.2 Å². The van der Waals surface area contributed by atoms with E-state index in [1.165, 1.54) is 18.2 Å². The van der Waals surface area contributed by atoms with E-state index < -0.39 is 21.6 Å². The second-order valence-electron chi connectivity index (χ2n) is 8.86. The Hall–Kier alpha value is -2.79. The van der Waals surface area contributed by atoms with E-state index in [9.17, 15) is 26.4 Å². The molecule has 2 fully saturated rings. The summed E-state index contributed by atoms with van der Waals surface area (Å²) < 4.78 is 69.1. The van der Waals surface area contributed by atoms with Crippen LogP contribution in [0.25, 0.3) is 0 Å². The SMILES string of the molecule is CC1CN(c2ccc(C(F)(F)F)cc2)CCN1C(=O)c1cccc(S(C)(=O)=O)c1N1CCOCC1. The highest BCUT2D eigenvalue weighted by Crippen LogP contribution is 2.33. The lowest BCUT2D eigenvalue weighted by Gasteiger charge is -2.42. The number of nitrogens with zero attached hydrogens (tertiary/aromatic N) is 3. The van der Waals surface area contributed by atoms with E-state index in [4.69, 9.17) is 4.74 Å². The zero-order valence-corrected chi connectivity index (χ0v) is 20.4. The van der Waals surface area contributed by atoms with Crippen molar-refractivity contribution in [2.75, 3.05) is 62.0 Å². The molecule has 1 amide bonds. The van der Waals surface area contributed by atoms with Crippen molar-refractivity contribution in [1.29, 1.82) is 0 Å². The topological polar surface area (TPSA) is 70.2 Å². The number of benzene rings is 2. The Morgan fingerprint density at radius 3 is 2.20 bits per heavy atom. The molecule has 2 aromatic rings. The van der Waals surface area contributed by atoms with Crippen LogP contribution in [0, 0.1) is 0 Å². The number of para-hydroxylation sites is 1. The molecule has 2 heterocycles. The number of piperazine rings is 1. The molecule has 2 aliphatic heterocycles. The summed E-state index contributed by atoms with van der Waals surface area (Å²) in [6.45, 7) is 4.95. The molecule has 1 unspecified atom stereocenters. The van der Waals surface area contributed by atoms with Gasteiger partial charge in [-0.3, -0.25) is 4.79 Å². The molecular formula is C24H28F3N3O4S. The first-order chi connectivity index (χ1) is 16.5. The minimum Gasteiger partial charge on any atom is -0.378 e. The molecule has 35 heavy (non-hydrogen) atoms. The van der Waals surface area contributed by atoms with Crippen LogP contribution in [-0.4, -0.2) is 77.5 Å². The summed E-state index contributed by atoms with van der Waals surface area (Å²) in [5, 5.41) is 0. The monoisotopic (exact) mass is 511 g/mol. The van der Waals surface area contributed by atoms with Crippen LogP contribution in [0.5, 0.6) is 0 Å². The zero-order chi connectivity index (χ0) is 25.4. The van der Waals surface area contributed by atoms with Gasteiger partial charge in [-0.25, -0.2) is 8.42 Å². The Balaban J connectivity index is 1.58. The molecule has 0 bridgehead atoms. The first-order valence-electron chi connectivity index (χ1n) is 11.4. The van der Waals surface area contributed by atoms with Gasteiger partial charge < -0.3 is 19.4 Å². The Morgan fingerprint density at radius 1 is 0.971 bits per heavy atom. The van der Waals surface area contributed by atoms with Crippen LogP contribution in [0.1, 0.15) is 22.8 Å². The number of ether oxygens (including phenoxy) is 1. The molecule has 7 nitrogen and oxygen atoms in total. The van der Waals surface area contributed by atoms with Gasteiger partial charge in [0.05, 0.1) is 34.9 Å². The van der Waals surface area contributed by atoms with Crippen molar-refractivity contribution in [2.24, 2.45) is 0 Å². The number of hydrogen-bond acceptors (Lipinski definition) is 6. The first-order valence-corrected chi connectivity index (χ1v) is 13.2. The lowest BCUT2D eigenvalue weighted by molar-refractivity contribution is -0.137. The van der Waals surface area contributed by atoms with E-state index in [2.05, 4.69) is 0 Å². The van der Waals surface area contributed by atoms with Gasteiger partial charge in [0.2, 0.25) is 0 Å². The van der Waals surface area contributed by atoms with Crippen LogP contribution in [-0.2, 0) is 20.8 Å². The van der Waals surface area contributed by atoms with Gasteiger partial charge >= 0.3 is 6.18 Å². The molecule has 0 radical (unpaired) electrons. The molecule has 0 aromatic heterocycles. The number of sulfone groups is 1. The number of carbonyl (C=O) groups excluding carboxylic acids is 1. The highest BCUT2D eigenvalue weighted by atomic mass is 32.2. The maximum atomic E-state index is 13.7. The van der Waals surface area contributed by atoms with E-state index in [1.54, 1.807) is 17.0 Å². The average Bonchev–Trinajstić information content (AvgIpc) is 2.82. The van der Waals surface area contributed by atoms with Crippen LogP contribution < -0.4 is 9.80 Å². The van der Waals surface area contributed by atoms with Crippen molar-refractivity contribution in [1.82, 2.24) is 4.90 Å². The Bertz CT molecular complexity index is 1180. The number of carbonyl (C=O) groups is 1. The van der Waals surface area contributed by atoms with Crippen molar-refractivity contribution >= 4 is 27.1 Å². The molecule has 0 N–H and O–H groups in total. The Labute approximate surface area is 203 Å². The molecule has 190 valence electrons. The quantitative estimate of drug-likeness (QED) is 0.628. The fourth-order valence-corrected chi connectivity index (χ4v) is 5.53. The van der Waals surface area contributed by atoms with Gasteiger partial charge in [0, 0.05) is 50.7 Å². The first kappa shape index (κ1) is 25.3. The maximum absolute atomic E-state index is 13.7. The summed E-state index contributed by atoms with van der Waals surface area (Å²) in [4.78, 5) is 19.3. The molecule has 4 rings (SSSR count). The van der Waals surface area contributed by atoms with Crippen LogP contribution >= 0.6 is 0 Å². The van der Waals surface area contributed by atoms with Gasteiger partial charge in [-0.15, -0.1) is 0 Å². The third-order valence-electron chi connectivity index (χ3n) is 6.40. The number of rotatable bonds is 4. The summed E-state index contributed by atoms with van der Waals surface area (Å²) >= 11 is 0. The van der Waals surface area contributed by atoms with Crippen molar-refractivity contribution in [2.45, 2.75) is 24.0 Å². The number of morpholine rings is 1. The lowest BCUT2D eigenvalue weighted by Crippen LogP contribution is -2.54. The van der Waals surface area contributed by atoms with E-state index in [1.807, 2.05) is 16.7 Å². The van der Waals surface area contributed by atoms with Crippen LogP contribution in [0.3, 0.4) is 0 Å². The van der Waals surface area contributed by atoms with Gasteiger partial charge in [0.15, 0.2) is 9.84 Å². The smallest absolute Gasteiger partial charge is 0.378 e. The van der Waals surface area contributed by atoms with E-state index in [0.717, 1.165) is 18.4 Å². The van der Waals surface area contributed by atoms with E-state index >= 15 is 0 Å². The summed E-state index contributed by atoms with van der Waals surface area (Å²) in [5.41, 5.74) is 0.680. The fraction of sp³-hybridized carbons (Fsp3) is 0.458. The number of alkyl halides is 3. The largest absolute Gasteiger partial charge is 0.416 e. The highest BCUT2D eigenvalue weighted by Gasteiger charge is 2.34. The highest BCUT2D eigenvalue weighted by molar-refractivity contribution is 7.90. The number of anilines is 2. The van der Waals surface area contributed by atoms with Crippen molar-refractivity contribution in [3.8, 4) is 0 Å². The van der Waals surface area contributed by atoms with Crippen LogP contribution in [0.15, 0.2) is 47.4 Å². The standard InChI is InChI=1S/C24H28F3N3O4S/c1-17-16-29(19-8-6-18(7-9-19)24(25,26)27)10-11-30(17)23(31)20-4-3-5-21(35(2,32)33)22(20)28-12-14-34-15-13-28/h3-9,17H,10-16H2,1-2H3. The van der Waals surface area contributed by atoms with Gasteiger partial charge in [-0.1, -0.05) is 6.07 Å². The minimum absolute atomic E-state index is 0.112. The predicted molar refractivity (Wildman–Crippen MR) is 127 cm³/mol. The number of amides is 1. The molecule has 0 spiro atoms. The predicted octanol–water partition coefficient (Wildman–Crippen LogP) is 3.30. The lowest BCUT2D eigenvalue weighted by atomic mass is 10.1. The molecular weight excluding hydrogens is 483 g/mol. The molecule has 11 heteroatoms. The third-order valence-corrected chi connectivity index (χ3v) is 7.53. The fourth-order valence-electron chi connectivity index (χ4n) is 4.62. The van der Waals surface area contributed by atoms with Crippen molar-refractivity contribution in [3.05, 3.63) is 53.6 Å². The summed E-state index contributed by atoms with van der Waals surface area (Å²) in [6.07, 6.45) is -3.26. The maximum Gasteiger partial charge on any atom is 0.416 e. The molecule has 1 atom stereocenters. The molecule has 0 aliphatic carbocycles. The summed E-state index contributed by atoms with van der Waals surface area (Å²) in [5.74, 6) is -0.267. The van der Waals surface area contributed by atoms with Crippen LogP contribution in [0.2, 0.25) is 0 Å². The second kappa shape index (κ2) is 9.69. The molecule has 2 saturated heterocycles. The molecule has 2 aromatic carbocycles. The number of halogens is 3. The summed E-state index contributed by atoms with van der Waals surface area (Å²) in [6, 6.07) is 9.51. The second-order valence-corrected chi connectivity index (χ2v) is 10.8. The van der Waals surface area contributed by atoms with E-state index in [0.29, 0.717) is 62.9 Å². The van der Waals surface area contributed by atoms with Gasteiger partial charge in [-0.05, 0) is 43.3 Å². The van der Waals surface area contributed by atoms with Crippen LogP contribution in [0.4, 0.5) is 24.5 Å². The number of hydrogen-bond donors (Lipinski definition) is 0. The normalized spacial score (nSPS) is 19.7. The van der Waals surface area contributed by atoms with Gasteiger partial charge in [0.1, 0.15) is 0 Å². The Kier molecular flexibility index (Phi) is 7.01. The van der Waals surface area contributed by atoms with Crippen molar-refractivity contribution < 1.29 is 31.1 Å². The van der Waals surface area contributed by atoms with Gasteiger partial charge in [0.25, 0.3) is 5.91 Å². The minimum atomic E-state index is -4.39.